The maximum atomic E-state index is 12.0. The van der Waals surface area contributed by atoms with Crippen LogP contribution < -0.4 is 10.7 Å². The van der Waals surface area contributed by atoms with Gasteiger partial charge in [0.2, 0.25) is 5.91 Å². The maximum absolute atomic E-state index is 12.0. The summed E-state index contributed by atoms with van der Waals surface area (Å²) in [5.74, 6) is 0.284. The zero-order valence-electron chi connectivity index (χ0n) is 12.5. The standard InChI is InChI=1S/C16H21N3O2/c1-11-4-3-5-15(10-11)18-19-16(21)13-6-8-14(9-7-13)17-12(2)20/h6-9,11H,3-5,10H2,1-2H3,(H,17,20)(H,19,21)/t11-/m0/s1. The van der Waals surface area contributed by atoms with Crippen LogP contribution >= 0.6 is 0 Å². The molecule has 2 rings (SSSR count). The predicted octanol–water partition coefficient (Wildman–Crippen LogP) is 2.94. The Balaban J connectivity index is 1.93. The van der Waals surface area contributed by atoms with E-state index in [2.05, 4.69) is 22.8 Å². The van der Waals surface area contributed by atoms with Crippen LogP contribution in [-0.4, -0.2) is 17.5 Å². The Morgan fingerprint density at radius 3 is 2.57 bits per heavy atom. The zero-order chi connectivity index (χ0) is 15.2. The second-order valence-corrected chi connectivity index (χ2v) is 5.58. The van der Waals surface area contributed by atoms with Crippen LogP contribution in [0.5, 0.6) is 0 Å². The van der Waals surface area contributed by atoms with Gasteiger partial charge in [0.1, 0.15) is 0 Å². The van der Waals surface area contributed by atoms with Gasteiger partial charge < -0.3 is 5.32 Å². The van der Waals surface area contributed by atoms with Crippen LogP contribution in [0, 0.1) is 5.92 Å². The molecule has 0 aliphatic heterocycles. The number of nitrogens with zero attached hydrogens (tertiary/aromatic N) is 1. The van der Waals surface area contributed by atoms with E-state index in [9.17, 15) is 9.59 Å². The second-order valence-electron chi connectivity index (χ2n) is 5.58. The molecule has 0 unspecified atom stereocenters. The van der Waals surface area contributed by atoms with E-state index in [0.717, 1.165) is 25.0 Å². The van der Waals surface area contributed by atoms with Crippen molar-refractivity contribution in [3.8, 4) is 0 Å². The first kappa shape index (κ1) is 15.2. The number of hydrogen-bond donors (Lipinski definition) is 2. The fraction of sp³-hybridized carbons (Fsp3) is 0.438. The van der Waals surface area contributed by atoms with Gasteiger partial charge in [0.15, 0.2) is 0 Å². The van der Waals surface area contributed by atoms with E-state index in [4.69, 9.17) is 0 Å². The Morgan fingerprint density at radius 1 is 1.24 bits per heavy atom. The van der Waals surface area contributed by atoms with Gasteiger partial charge in [0, 0.05) is 23.9 Å². The molecule has 0 bridgehead atoms. The largest absolute Gasteiger partial charge is 0.326 e. The lowest BCUT2D eigenvalue weighted by Gasteiger charge is -2.18. The molecule has 1 saturated carbocycles. The highest BCUT2D eigenvalue weighted by Crippen LogP contribution is 2.21. The van der Waals surface area contributed by atoms with Crippen molar-refractivity contribution >= 4 is 23.2 Å². The quantitative estimate of drug-likeness (QED) is 0.839. The monoisotopic (exact) mass is 287 g/mol. The Bertz CT molecular complexity index is 549. The fourth-order valence-electron chi connectivity index (χ4n) is 2.47. The molecule has 21 heavy (non-hydrogen) atoms. The Hall–Kier alpha value is -2.17. The second kappa shape index (κ2) is 7.02. The highest BCUT2D eigenvalue weighted by Gasteiger charge is 2.14. The summed E-state index contributed by atoms with van der Waals surface area (Å²) in [6.45, 7) is 3.65. The topological polar surface area (TPSA) is 70.6 Å². The third-order valence-electron chi connectivity index (χ3n) is 3.53. The van der Waals surface area contributed by atoms with Gasteiger partial charge in [-0.1, -0.05) is 6.92 Å². The number of hydrazone groups is 1. The van der Waals surface area contributed by atoms with Gasteiger partial charge in [-0.05, 0) is 55.9 Å². The number of carbonyl (C=O) groups excluding carboxylic acids is 2. The minimum Gasteiger partial charge on any atom is -0.326 e. The summed E-state index contributed by atoms with van der Waals surface area (Å²) >= 11 is 0. The fourth-order valence-corrected chi connectivity index (χ4v) is 2.47. The molecule has 1 aliphatic carbocycles. The van der Waals surface area contributed by atoms with Crippen molar-refractivity contribution in [2.75, 3.05) is 5.32 Å². The van der Waals surface area contributed by atoms with Gasteiger partial charge in [-0.3, -0.25) is 9.59 Å². The molecular weight excluding hydrogens is 266 g/mol. The predicted molar refractivity (Wildman–Crippen MR) is 83.3 cm³/mol. The van der Waals surface area contributed by atoms with Crippen molar-refractivity contribution in [1.29, 1.82) is 0 Å². The van der Waals surface area contributed by atoms with Crippen molar-refractivity contribution in [3.63, 3.8) is 0 Å². The summed E-state index contributed by atoms with van der Waals surface area (Å²) in [4.78, 5) is 22.9. The lowest BCUT2D eigenvalue weighted by Crippen LogP contribution is -2.22. The van der Waals surface area contributed by atoms with Gasteiger partial charge >= 0.3 is 0 Å². The molecule has 0 heterocycles. The summed E-state index contributed by atoms with van der Waals surface area (Å²) in [5, 5.41) is 6.89. The van der Waals surface area contributed by atoms with Gasteiger partial charge in [0.05, 0.1) is 0 Å². The highest BCUT2D eigenvalue weighted by atomic mass is 16.2. The summed E-state index contributed by atoms with van der Waals surface area (Å²) < 4.78 is 0. The molecule has 1 aliphatic rings. The first-order chi connectivity index (χ1) is 10.0. The molecular formula is C16H21N3O2. The van der Waals surface area contributed by atoms with Crippen LogP contribution in [0.2, 0.25) is 0 Å². The van der Waals surface area contributed by atoms with Gasteiger partial charge in [-0.15, -0.1) is 0 Å². The van der Waals surface area contributed by atoms with Crippen LogP contribution in [0.25, 0.3) is 0 Å². The summed E-state index contributed by atoms with van der Waals surface area (Å²) in [6, 6.07) is 6.74. The number of amides is 2. The Labute approximate surface area is 124 Å². The Morgan fingerprint density at radius 2 is 1.95 bits per heavy atom. The van der Waals surface area contributed by atoms with Crippen molar-refractivity contribution in [1.82, 2.24) is 5.43 Å². The van der Waals surface area contributed by atoms with Crippen molar-refractivity contribution < 1.29 is 9.59 Å². The molecule has 1 fully saturated rings. The molecule has 1 aromatic rings. The van der Waals surface area contributed by atoms with Crippen LogP contribution in [0.4, 0.5) is 5.69 Å². The minimum atomic E-state index is -0.227. The van der Waals surface area contributed by atoms with E-state index in [1.165, 1.54) is 13.3 Å². The molecule has 1 atom stereocenters. The van der Waals surface area contributed by atoms with Crippen LogP contribution in [0.1, 0.15) is 49.9 Å². The van der Waals surface area contributed by atoms with E-state index < -0.39 is 0 Å². The molecule has 1 aromatic carbocycles. The molecule has 0 aromatic heterocycles. The van der Waals surface area contributed by atoms with E-state index in [1.807, 2.05) is 0 Å². The number of benzene rings is 1. The SMILES string of the molecule is CC(=O)Nc1ccc(C(=O)NN=C2CCC[C@H](C)C2)cc1. The number of hydrogen-bond acceptors (Lipinski definition) is 3. The molecule has 0 spiro atoms. The Kier molecular flexibility index (Phi) is 5.09. The first-order valence-electron chi connectivity index (χ1n) is 7.28. The lowest BCUT2D eigenvalue weighted by atomic mass is 9.89. The number of anilines is 1. The number of rotatable bonds is 3. The van der Waals surface area contributed by atoms with Gasteiger partial charge in [0.25, 0.3) is 5.91 Å². The molecule has 0 radical (unpaired) electrons. The van der Waals surface area contributed by atoms with Crippen molar-refractivity contribution in [2.24, 2.45) is 11.0 Å². The van der Waals surface area contributed by atoms with E-state index in [1.54, 1.807) is 24.3 Å². The summed E-state index contributed by atoms with van der Waals surface area (Å²) in [7, 11) is 0. The number of nitrogens with one attached hydrogen (secondary N) is 2. The third kappa shape index (κ3) is 4.70. The van der Waals surface area contributed by atoms with E-state index >= 15 is 0 Å². The number of carbonyl (C=O) groups is 2. The molecule has 2 amide bonds. The zero-order valence-corrected chi connectivity index (χ0v) is 12.5. The van der Waals surface area contributed by atoms with Crippen LogP contribution in [-0.2, 0) is 4.79 Å². The molecule has 112 valence electrons. The average Bonchev–Trinajstić information content (AvgIpc) is 2.45. The average molecular weight is 287 g/mol. The van der Waals surface area contributed by atoms with E-state index in [0.29, 0.717) is 17.2 Å². The minimum absolute atomic E-state index is 0.134. The maximum Gasteiger partial charge on any atom is 0.271 e. The highest BCUT2D eigenvalue weighted by molar-refractivity contribution is 5.96. The smallest absolute Gasteiger partial charge is 0.271 e. The van der Waals surface area contributed by atoms with Crippen LogP contribution in [0.3, 0.4) is 0 Å². The third-order valence-corrected chi connectivity index (χ3v) is 3.53. The van der Waals surface area contributed by atoms with Crippen LogP contribution in [0.15, 0.2) is 29.4 Å². The molecule has 5 nitrogen and oxygen atoms in total. The molecule has 2 N–H and O–H groups in total. The molecule has 0 saturated heterocycles. The summed E-state index contributed by atoms with van der Waals surface area (Å²) in [5.41, 5.74) is 4.88. The lowest BCUT2D eigenvalue weighted by molar-refractivity contribution is -0.114. The van der Waals surface area contributed by atoms with Gasteiger partial charge in [-0.2, -0.15) is 5.10 Å². The molecule has 5 heteroatoms. The normalized spacial score (nSPS) is 20.1. The van der Waals surface area contributed by atoms with Crippen molar-refractivity contribution in [2.45, 2.75) is 39.5 Å². The van der Waals surface area contributed by atoms with Gasteiger partial charge in [-0.25, -0.2) is 5.43 Å². The van der Waals surface area contributed by atoms with Crippen molar-refractivity contribution in [3.05, 3.63) is 29.8 Å². The first-order valence-corrected chi connectivity index (χ1v) is 7.28. The van der Waals surface area contributed by atoms with E-state index in [-0.39, 0.29) is 11.8 Å². The summed E-state index contributed by atoms with van der Waals surface area (Å²) in [6.07, 6.45) is 4.30.